The summed E-state index contributed by atoms with van der Waals surface area (Å²) >= 11 is 1.85. The lowest BCUT2D eigenvalue weighted by Gasteiger charge is -2.26. The largest absolute Gasteiger partial charge is 0.456 e. The molecule has 59 heavy (non-hydrogen) atoms. The van der Waals surface area contributed by atoms with Crippen LogP contribution in [0.1, 0.15) is 0 Å². The molecule has 0 aliphatic heterocycles. The van der Waals surface area contributed by atoms with Gasteiger partial charge in [0, 0.05) is 43.7 Å². The van der Waals surface area contributed by atoms with Crippen LogP contribution in [0.25, 0.3) is 97.0 Å². The number of hydrogen-bond acceptors (Lipinski definition) is 3. The number of furan rings is 1. The van der Waals surface area contributed by atoms with Gasteiger partial charge in [-0.3, -0.25) is 0 Å². The number of fused-ring (bicyclic) bond motifs is 8. The van der Waals surface area contributed by atoms with E-state index in [1.54, 1.807) is 0 Å². The Labute approximate surface area is 345 Å². The van der Waals surface area contributed by atoms with Gasteiger partial charge < -0.3 is 9.32 Å². The van der Waals surface area contributed by atoms with Crippen LogP contribution < -0.4 is 4.90 Å². The van der Waals surface area contributed by atoms with Gasteiger partial charge in [-0.25, -0.2) is 0 Å². The molecule has 0 aliphatic rings. The molecule has 0 fully saturated rings. The van der Waals surface area contributed by atoms with E-state index in [2.05, 4.69) is 217 Å². The Balaban J connectivity index is 0.995. The van der Waals surface area contributed by atoms with Gasteiger partial charge in [0.1, 0.15) is 11.2 Å². The molecule has 0 amide bonds. The van der Waals surface area contributed by atoms with E-state index in [-0.39, 0.29) is 0 Å². The van der Waals surface area contributed by atoms with Gasteiger partial charge in [-0.05, 0) is 110 Å². The zero-order chi connectivity index (χ0) is 38.9. The molecule has 10 aromatic carbocycles. The molecule has 3 heteroatoms. The van der Waals surface area contributed by atoms with Crippen molar-refractivity contribution in [2.24, 2.45) is 0 Å². The summed E-state index contributed by atoms with van der Waals surface area (Å²) in [6.07, 6.45) is 0. The Morgan fingerprint density at radius 1 is 0.339 bits per heavy atom. The molecule has 276 valence electrons. The minimum Gasteiger partial charge on any atom is -0.456 e. The molecule has 0 aliphatic carbocycles. The van der Waals surface area contributed by atoms with E-state index in [9.17, 15) is 0 Å². The zero-order valence-corrected chi connectivity index (χ0v) is 32.8. The molecule has 0 saturated heterocycles. The van der Waals surface area contributed by atoms with Crippen molar-refractivity contribution in [3.63, 3.8) is 0 Å². The molecule has 0 unspecified atom stereocenters. The van der Waals surface area contributed by atoms with Gasteiger partial charge in [0.25, 0.3) is 0 Å². The van der Waals surface area contributed by atoms with Crippen molar-refractivity contribution >= 4 is 92.1 Å². The van der Waals surface area contributed by atoms with E-state index in [0.29, 0.717) is 0 Å². The van der Waals surface area contributed by atoms with Crippen molar-refractivity contribution in [2.45, 2.75) is 0 Å². The topological polar surface area (TPSA) is 16.4 Å². The summed E-state index contributed by atoms with van der Waals surface area (Å²) in [4.78, 5) is 2.39. The SMILES string of the molecule is c1ccc(-c2ccc3cccc(-c4ccc5c(c4)oc4cc(N(c6ccc(-c7cccc8ccccc78)cc6)c6cccc7c6sc6ccccc67)ccc45)c3c2)cc1. The Hall–Kier alpha value is -7.46. The van der Waals surface area contributed by atoms with E-state index < -0.39 is 0 Å². The van der Waals surface area contributed by atoms with E-state index in [1.165, 1.54) is 69.5 Å². The molecule has 0 radical (unpaired) electrons. The van der Waals surface area contributed by atoms with Crippen molar-refractivity contribution in [1.29, 1.82) is 0 Å². The van der Waals surface area contributed by atoms with Crippen LogP contribution in [0.4, 0.5) is 17.1 Å². The molecule has 12 rings (SSSR count). The number of thiophene rings is 1. The Kier molecular flexibility index (Phi) is 7.75. The minimum absolute atomic E-state index is 0.861. The molecule has 2 aromatic heterocycles. The average molecular weight is 770 g/mol. The second kappa shape index (κ2) is 13.6. The fraction of sp³-hybridized carbons (Fsp3) is 0. The first-order chi connectivity index (χ1) is 29.2. The van der Waals surface area contributed by atoms with Crippen LogP contribution in [0.5, 0.6) is 0 Å². The zero-order valence-electron chi connectivity index (χ0n) is 32.0. The normalized spacial score (nSPS) is 11.7. The minimum atomic E-state index is 0.861. The Morgan fingerprint density at radius 2 is 0.949 bits per heavy atom. The highest BCUT2D eigenvalue weighted by Gasteiger charge is 2.20. The van der Waals surface area contributed by atoms with Crippen LogP contribution in [-0.4, -0.2) is 0 Å². The van der Waals surface area contributed by atoms with E-state index in [0.717, 1.165) is 44.6 Å². The van der Waals surface area contributed by atoms with Gasteiger partial charge in [0.05, 0.1) is 10.4 Å². The fourth-order valence-corrected chi connectivity index (χ4v) is 10.2. The average Bonchev–Trinajstić information content (AvgIpc) is 3.87. The Morgan fingerprint density at radius 3 is 1.80 bits per heavy atom. The Bertz CT molecular complexity index is 3550. The van der Waals surface area contributed by atoms with Gasteiger partial charge in [-0.1, -0.05) is 152 Å². The van der Waals surface area contributed by atoms with E-state index in [4.69, 9.17) is 4.42 Å². The second-order valence-electron chi connectivity index (χ2n) is 15.3. The molecule has 12 aromatic rings. The molecule has 0 N–H and O–H groups in total. The molecule has 0 atom stereocenters. The van der Waals surface area contributed by atoms with Crippen molar-refractivity contribution in [2.75, 3.05) is 4.90 Å². The number of hydrogen-bond donors (Lipinski definition) is 0. The maximum absolute atomic E-state index is 6.81. The third-order valence-electron chi connectivity index (χ3n) is 11.9. The highest BCUT2D eigenvalue weighted by Crippen LogP contribution is 2.46. The van der Waals surface area contributed by atoms with Crippen molar-refractivity contribution in [3.05, 3.63) is 212 Å². The van der Waals surface area contributed by atoms with E-state index >= 15 is 0 Å². The standard InChI is InChI=1S/C56H35NOS/c1-2-11-36(12-3-1)40-24-23-38-15-9-19-46(51(38)33-40)41-27-31-47-48-32-30-43(35-54(48)58-53(47)34-41)57(52-21-10-20-50-49-17-6-7-22-55(49)59-56(50)52)42-28-25-39(26-29-42)45-18-8-14-37-13-4-5-16-44(37)45/h1-35H. The van der Waals surface area contributed by atoms with Crippen molar-refractivity contribution in [1.82, 2.24) is 0 Å². The highest BCUT2D eigenvalue weighted by molar-refractivity contribution is 7.26. The number of benzene rings is 10. The maximum atomic E-state index is 6.81. The third kappa shape index (κ3) is 5.62. The van der Waals surface area contributed by atoms with Gasteiger partial charge in [-0.2, -0.15) is 0 Å². The smallest absolute Gasteiger partial charge is 0.137 e. The van der Waals surface area contributed by atoms with E-state index in [1.807, 2.05) is 11.3 Å². The summed E-state index contributed by atoms with van der Waals surface area (Å²) in [5, 5.41) is 9.70. The highest BCUT2D eigenvalue weighted by atomic mass is 32.1. The summed E-state index contributed by atoms with van der Waals surface area (Å²) in [5.74, 6) is 0. The second-order valence-corrected chi connectivity index (χ2v) is 16.3. The van der Waals surface area contributed by atoms with Crippen LogP contribution in [-0.2, 0) is 0 Å². The predicted octanol–water partition coefficient (Wildman–Crippen LogP) is 16.7. The summed E-state index contributed by atoms with van der Waals surface area (Å²) in [5.41, 5.74) is 12.2. The van der Waals surface area contributed by atoms with Crippen LogP contribution in [0.3, 0.4) is 0 Å². The van der Waals surface area contributed by atoms with Gasteiger partial charge >= 0.3 is 0 Å². The molecule has 0 saturated carbocycles. The van der Waals surface area contributed by atoms with Gasteiger partial charge in [0.15, 0.2) is 0 Å². The van der Waals surface area contributed by atoms with Gasteiger partial charge in [0.2, 0.25) is 0 Å². The number of nitrogens with zero attached hydrogens (tertiary/aromatic N) is 1. The lowest BCUT2D eigenvalue weighted by Crippen LogP contribution is -2.10. The number of rotatable bonds is 6. The molecular weight excluding hydrogens is 735 g/mol. The lowest BCUT2D eigenvalue weighted by molar-refractivity contribution is 0.669. The molecular formula is C56H35NOS. The van der Waals surface area contributed by atoms with Crippen LogP contribution >= 0.6 is 11.3 Å². The first-order valence-corrected chi connectivity index (χ1v) is 20.9. The van der Waals surface area contributed by atoms with Crippen LogP contribution in [0, 0.1) is 0 Å². The molecule has 2 nitrogen and oxygen atoms in total. The molecule has 0 spiro atoms. The van der Waals surface area contributed by atoms with Crippen molar-refractivity contribution < 1.29 is 4.42 Å². The van der Waals surface area contributed by atoms with Crippen molar-refractivity contribution in [3.8, 4) is 33.4 Å². The van der Waals surface area contributed by atoms with Gasteiger partial charge in [-0.15, -0.1) is 11.3 Å². The fourth-order valence-electron chi connectivity index (χ4n) is 9.01. The van der Waals surface area contributed by atoms with Crippen LogP contribution in [0.2, 0.25) is 0 Å². The summed E-state index contributed by atoms with van der Waals surface area (Å²) in [7, 11) is 0. The summed E-state index contributed by atoms with van der Waals surface area (Å²) in [6, 6.07) is 76.8. The first kappa shape index (κ1) is 33.7. The lowest BCUT2D eigenvalue weighted by atomic mass is 9.94. The maximum Gasteiger partial charge on any atom is 0.137 e. The molecule has 2 heterocycles. The number of anilines is 3. The summed E-state index contributed by atoms with van der Waals surface area (Å²) < 4.78 is 9.35. The van der Waals surface area contributed by atoms with Crippen LogP contribution in [0.15, 0.2) is 217 Å². The third-order valence-corrected chi connectivity index (χ3v) is 13.1. The summed E-state index contributed by atoms with van der Waals surface area (Å²) in [6.45, 7) is 0. The first-order valence-electron chi connectivity index (χ1n) is 20.1. The predicted molar refractivity (Wildman–Crippen MR) is 253 cm³/mol. The monoisotopic (exact) mass is 769 g/mol. The molecule has 0 bridgehead atoms. The quantitative estimate of drug-likeness (QED) is 0.167.